The molecule has 0 radical (unpaired) electrons. The van der Waals surface area contributed by atoms with Crippen molar-refractivity contribution < 1.29 is 9.21 Å². The second-order valence-electron chi connectivity index (χ2n) is 7.16. The summed E-state index contributed by atoms with van der Waals surface area (Å²) in [4.78, 5) is 14.8. The average Bonchev–Trinajstić information content (AvgIpc) is 2.92. The van der Waals surface area contributed by atoms with Crippen molar-refractivity contribution in [3.05, 3.63) is 70.5 Å². The zero-order valence-electron chi connectivity index (χ0n) is 16.1. The molecule has 26 heavy (non-hydrogen) atoms. The summed E-state index contributed by atoms with van der Waals surface area (Å²) in [6.07, 6.45) is 0. The van der Waals surface area contributed by atoms with Crippen LogP contribution in [0.1, 0.15) is 38.9 Å². The van der Waals surface area contributed by atoms with Gasteiger partial charge in [-0.2, -0.15) is 0 Å². The van der Waals surface area contributed by atoms with E-state index in [2.05, 4.69) is 41.4 Å². The zero-order chi connectivity index (χ0) is 18.8. The maximum Gasteiger partial charge on any atom is 0.287 e. The Kier molecular flexibility index (Phi) is 5.14. The van der Waals surface area contributed by atoms with Crippen molar-refractivity contribution in [1.82, 2.24) is 10.2 Å². The number of aryl methyl sites for hydroxylation is 3. The van der Waals surface area contributed by atoms with Gasteiger partial charge in [-0.1, -0.05) is 42.0 Å². The normalized spacial score (nSPS) is 12.5. The summed E-state index contributed by atoms with van der Waals surface area (Å²) in [5.41, 5.74) is 5.16. The lowest BCUT2D eigenvalue weighted by Crippen LogP contribution is -2.34. The molecule has 1 heterocycles. The number of fused-ring (bicyclic) bond motifs is 1. The first-order chi connectivity index (χ1) is 12.4. The van der Waals surface area contributed by atoms with E-state index >= 15 is 0 Å². The largest absolute Gasteiger partial charge is 0.451 e. The van der Waals surface area contributed by atoms with E-state index in [0.29, 0.717) is 12.3 Å². The van der Waals surface area contributed by atoms with Crippen LogP contribution in [0, 0.1) is 20.8 Å². The first-order valence-corrected chi connectivity index (χ1v) is 8.87. The van der Waals surface area contributed by atoms with Gasteiger partial charge in [0.15, 0.2) is 5.76 Å². The van der Waals surface area contributed by atoms with Gasteiger partial charge in [0.2, 0.25) is 0 Å². The van der Waals surface area contributed by atoms with Gasteiger partial charge < -0.3 is 14.6 Å². The third-order valence-electron chi connectivity index (χ3n) is 4.84. The second kappa shape index (κ2) is 7.34. The number of nitrogens with zero attached hydrogens (tertiary/aromatic N) is 1. The van der Waals surface area contributed by atoms with Crippen LogP contribution in [0.15, 0.2) is 46.9 Å². The summed E-state index contributed by atoms with van der Waals surface area (Å²) in [5.74, 6) is 0.224. The quantitative estimate of drug-likeness (QED) is 0.742. The highest BCUT2D eigenvalue weighted by Crippen LogP contribution is 2.26. The Bertz CT molecular complexity index is 923. The summed E-state index contributed by atoms with van der Waals surface area (Å²) in [7, 11) is 4.04. The Labute approximate surface area is 154 Å². The monoisotopic (exact) mass is 350 g/mol. The van der Waals surface area contributed by atoms with Crippen LogP contribution in [-0.2, 0) is 0 Å². The lowest BCUT2D eigenvalue weighted by atomic mass is 10.0. The van der Waals surface area contributed by atoms with Crippen LogP contribution in [-0.4, -0.2) is 31.4 Å². The molecule has 1 N–H and O–H groups in total. The average molecular weight is 350 g/mol. The molecule has 0 aliphatic heterocycles. The Balaban J connectivity index is 1.78. The highest BCUT2D eigenvalue weighted by Gasteiger charge is 2.20. The van der Waals surface area contributed by atoms with Crippen molar-refractivity contribution in [2.24, 2.45) is 0 Å². The maximum absolute atomic E-state index is 12.7. The van der Waals surface area contributed by atoms with Crippen molar-refractivity contribution in [2.75, 3.05) is 20.6 Å². The van der Waals surface area contributed by atoms with Gasteiger partial charge in [0, 0.05) is 17.5 Å². The van der Waals surface area contributed by atoms with E-state index in [1.807, 2.05) is 46.1 Å². The highest BCUT2D eigenvalue weighted by molar-refractivity contribution is 5.99. The van der Waals surface area contributed by atoms with Crippen LogP contribution in [0.3, 0.4) is 0 Å². The molecule has 0 saturated heterocycles. The minimum absolute atomic E-state index is 0.103. The molecular formula is C22H26N2O2. The summed E-state index contributed by atoms with van der Waals surface area (Å²) in [6.45, 7) is 6.53. The number of hydrogen-bond donors (Lipinski definition) is 1. The van der Waals surface area contributed by atoms with Crippen LogP contribution in [0.25, 0.3) is 11.0 Å². The van der Waals surface area contributed by atoms with E-state index < -0.39 is 0 Å². The summed E-state index contributed by atoms with van der Waals surface area (Å²) < 4.78 is 5.83. The van der Waals surface area contributed by atoms with E-state index in [4.69, 9.17) is 4.42 Å². The molecule has 3 rings (SSSR count). The first kappa shape index (κ1) is 18.2. The van der Waals surface area contributed by atoms with E-state index in [-0.39, 0.29) is 11.9 Å². The number of likely N-dealkylation sites (N-methyl/N-ethyl adjacent to an activating group) is 1. The molecule has 0 aliphatic rings. The van der Waals surface area contributed by atoms with Crippen molar-refractivity contribution in [1.29, 1.82) is 0 Å². The molecule has 0 spiro atoms. The van der Waals surface area contributed by atoms with Gasteiger partial charge >= 0.3 is 0 Å². The molecule has 1 atom stereocenters. The molecule has 3 aromatic rings. The molecule has 0 fully saturated rings. The molecular weight excluding hydrogens is 324 g/mol. The fourth-order valence-corrected chi connectivity index (χ4v) is 3.21. The lowest BCUT2D eigenvalue weighted by molar-refractivity contribution is 0.0915. The molecule has 0 aliphatic carbocycles. The van der Waals surface area contributed by atoms with Crippen LogP contribution < -0.4 is 5.32 Å². The molecule has 0 saturated carbocycles. The molecule has 4 nitrogen and oxygen atoms in total. The number of furan rings is 1. The third-order valence-corrected chi connectivity index (χ3v) is 4.84. The van der Waals surface area contributed by atoms with Crippen LogP contribution in [0.5, 0.6) is 0 Å². The summed E-state index contributed by atoms with van der Waals surface area (Å²) in [6, 6.07) is 14.5. The van der Waals surface area contributed by atoms with Gasteiger partial charge in [-0.25, -0.2) is 0 Å². The SMILES string of the molecule is Cc1ccc(C(CNC(=O)c2oc3cc(C)ccc3c2C)N(C)C)cc1. The highest BCUT2D eigenvalue weighted by atomic mass is 16.3. The Hall–Kier alpha value is -2.59. The molecule has 0 bridgehead atoms. The second-order valence-corrected chi connectivity index (χ2v) is 7.16. The smallest absolute Gasteiger partial charge is 0.287 e. The maximum atomic E-state index is 12.7. The van der Waals surface area contributed by atoms with Crippen LogP contribution in [0.4, 0.5) is 0 Å². The standard InChI is InChI=1S/C22H26N2O2/c1-14-6-9-17(10-7-14)19(24(4)5)13-23-22(25)21-16(3)18-11-8-15(2)12-20(18)26-21/h6-12,19H,13H2,1-5H3,(H,23,25). The minimum Gasteiger partial charge on any atom is -0.451 e. The summed E-state index contributed by atoms with van der Waals surface area (Å²) in [5, 5.41) is 4.02. The lowest BCUT2D eigenvalue weighted by Gasteiger charge is -2.25. The van der Waals surface area contributed by atoms with Gasteiger partial charge in [0.05, 0.1) is 6.04 Å². The van der Waals surface area contributed by atoms with Crippen molar-refractivity contribution in [2.45, 2.75) is 26.8 Å². The van der Waals surface area contributed by atoms with E-state index in [1.54, 1.807) is 0 Å². The zero-order valence-corrected chi connectivity index (χ0v) is 16.1. The predicted octanol–water partition coefficient (Wildman–Crippen LogP) is 4.39. The molecule has 1 unspecified atom stereocenters. The van der Waals surface area contributed by atoms with Crippen molar-refractivity contribution in [3.8, 4) is 0 Å². The summed E-state index contributed by atoms with van der Waals surface area (Å²) >= 11 is 0. The third kappa shape index (κ3) is 3.65. The fraction of sp³-hybridized carbons (Fsp3) is 0.318. The topological polar surface area (TPSA) is 45.5 Å². The molecule has 2 aromatic carbocycles. The number of carbonyl (C=O) groups excluding carboxylic acids is 1. The van der Waals surface area contributed by atoms with Gasteiger partial charge in [-0.05, 0) is 52.1 Å². The number of benzene rings is 2. The molecule has 136 valence electrons. The number of amides is 1. The number of carbonyl (C=O) groups is 1. The predicted molar refractivity (Wildman–Crippen MR) is 106 cm³/mol. The van der Waals surface area contributed by atoms with E-state index in [0.717, 1.165) is 22.1 Å². The Morgan fingerprint density at radius 1 is 1.04 bits per heavy atom. The number of rotatable bonds is 5. The Morgan fingerprint density at radius 2 is 1.69 bits per heavy atom. The van der Waals surface area contributed by atoms with Crippen molar-refractivity contribution >= 4 is 16.9 Å². The number of nitrogens with one attached hydrogen (secondary N) is 1. The molecule has 1 aromatic heterocycles. The van der Waals surface area contributed by atoms with Gasteiger partial charge in [0.1, 0.15) is 5.58 Å². The van der Waals surface area contributed by atoms with Crippen molar-refractivity contribution in [3.63, 3.8) is 0 Å². The van der Waals surface area contributed by atoms with Crippen LogP contribution >= 0.6 is 0 Å². The fourth-order valence-electron chi connectivity index (χ4n) is 3.21. The van der Waals surface area contributed by atoms with E-state index in [1.165, 1.54) is 11.1 Å². The van der Waals surface area contributed by atoms with Gasteiger partial charge in [-0.15, -0.1) is 0 Å². The first-order valence-electron chi connectivity index (χ1n) is 8.87. The Morgan fingerprint density at radius 3 is 2.35 bits per heavy atom. The van der Waals surface area contributed by atoms with Gasteiger partial charge in [0.25, 0.3) is 5.91 Å². The molecule has 1 amide bonds. The van der Waals surface area contributed by atoms with Crippen LogP contribution in [0.2, 0.25) is 0 Å². The van der Waals surface area contributed by atoms with Gasteiger partial charge in [-0.3, -0.25) is 4.79 Å². The minimum atomic E-state index is -0.171. The van der Waals surface area contributed by atoms with E-state index in [9.17, 15) is 4.79 Å². The number of hydrogen-bond acceptors (Lipinski definition) is 3. The molecule has 4 heteroatoms.